The Morgan fingerprint density at radius 2 is 2.12 bits per heavy atom. The fourth-order valence-electron chi connectivity index (χ4n) is 1.36. The van der Waals surface area contributed by atoms with Crippen molar-refractivity contribution in [1.29, 1.82) is 0 Å². The predicted molar refractivity (Wildman–Crippen MR) is 78.5 cm³/mol. The molecule has 2 N–H and O–H groups in total. The van der Waals surface area contributed by atoms with E-state index in [0.29, 0.717) is 0 Å². The van der Waals surface area contributed by atoms with Crippen LogP contribution < -0.4 is 5.32 Å². The molecule has 96 valence electrons. The van der Waals surface area contributed by atoms with Gasteiger partial charge in [0, 0.05) is 21.2 Å². The van der Waals surface area contributed by atoms with Crippen LogP contribution in [-0.4, -0.2) is 23.0 Å². The van der Waals surface area contributed by atoms with Crippen molar-refractivity contribution < 1.29 is 5.11 Å². The number of hydrogen-bond acceptors (Lipinski definition) is 3. The van der Waals surface area contributed by atoms with Gasteiger partial charge in [-0.1, -0.05) is 29.8 Å². The molecule has 0 radical (unpaired) electrons. The van der Waals surface area contributed by atoms with Crippen LogP contribution in [-0.2, 0) is 6.54 Å². The number of aliphatic hydroxyl groups excluding tert-OH is 1. The maximum Gasteiger partial charge on any atom is 0.0631 e. The fraction of sp³-hybridized carbons (Fsp3) is 0.538. The summed E-state index contributed by atoms with van der Waals surface area (Å²) >= 11 is 5.22. The first-order chi connectivity index (χ1) is 8.04. The van der Waals surface area contributed by atoms with Crippen LogP contribution in [0, 0.1) is 0 Å². The molecular formula is C13H20BrNOS. The minimum Gasteiger partial charge on any atom is -0.392 e. The second-order valence-corrected chi connectivity index (χ2v) is 6.43. The summed E-state index contributed by atoms with van der Waals surface area (Å²) in [7, 11) is 0. The van der Waals surface area contributed by atoms with E-state index in [1.807, 2.05) is 13.0 Å². The van der Waals surface area contributed by atoms with E-state index >= 15 is 0 Å². The second kappa shape index (κ2) is 7.41. The lowest BCUT2D eigenvalue weighted by Crippen LogP contribution is -2.16. The summed E-state index contributed by atoms with van der Waals surface area (Å²) in [6, 6.07) is 6.30. The third-order valence-corrected chi connectivity index (χ3v) is 4.49. The number of halogens is 1. The molecule has 0 aliphatic rings. The molecule has 0 aliphatic carbocycles. The van der Waals surface area contributed by atoms with Crippen molar-refractivity contribution in [2.45, 2.75) is 43.6 Å². The Morgan fingerprint density at radius 1 is 1.41 bits per heavy atom. The summed E-state index contributed by atoms with van der Waals surface area (Å²) in [6.45, 7) is 7.81. The summed E-state index contributed by atoms with van der Waals surface area (Å²) in [5.74, 6) is 0. The molecule has 0 aliphatic heterocycles. The molecule has 0 fully saturated rings. The molecule has 0 bridgehead atoms. The van der Waals surface area contributed by atoms with Gasteiger partial charge < -0.3 is 10.4 Å². The normalized spacial score (nSPS) is 14.6. The van der Waals surface area contributed by atoms with E-state index in [0.717, 1.165) is 17.6 Å². The van der Waals surface area contributed by atoms with Gasteiger partial charge in [0.25, 0.3) is 0 Å². The van der Waals surface area contributed by atoms with E-state index < -0.39 is 0 Å². The van der Waals surface area contributed by atoms with Crippen LogP contribution in [0.2, 0.25) is 0 Å². The lowest BCUT2D eigenvalue weighted by molar-refractivity contribution is 0.196. The lowest BCUT2D eigenvalue weighted by Gasteiger charge is -2.17. The number of rotatable bonds is 6. The summed E-state index contributed by atoms with van der Waals surface area (Å²) in [6.07, 6.45) is -0.296. The highest BCUT2D eigenvalue weighted by Gasteiger charge is 2.13. The molecule has 1 aromatic rings. The molecule has 0 spiro atoms. The zero-order valence-corrected chi connectivity index (χ0v) is 12.9. The molecule has 2 atom stereocenters. The van der Waals surface area contributed by atoms with E-state index in [4.69, 9.17) is 0 Å². The number of hydrogen-bond donors (Lipinski definition) is 2. The average Bonchev–Trinajstić information content (AvgIpc) is 2.29. The van der Waals surface area contributed by atoms with E-state index in [1.54, 1.807) is 11.8 Å². The Balaban J connectivity index is 2.82. The number of thioether (sulfide) groups is 1. The summed E-state index contributed by atoms with van der Waals surface area (Å²) in [4.78, 5) is 1.24. The average molecular weight is 318 g/mol. The minimum absolute atomic E-state index is 0.205. The summed E-state index contributed by atoms with van der Waals surface area (Å²) in [5.41, 5.74) is 1.28. The SMILES string of the molecule is CCNCc1cc(Br)ccc1SC(C)C(C)O. The monoisotopic (exact) mass is 317 g/mol. The molecule has 0 amide bonds. The van der Waals surface area contributed by atoms with Gasteiger partial charge in [0.05, 0.1) is 6.10 Å². The van der Waals surface area contributed by atoms with Gasteiger partial charge in [0.15, 0.2) is 0 Å². The second-order valence-electron chi connectivity index (χ2n) is 4.10. The smallest absolute Gasteiger partial charge is 0.0631 e. The van der Waals surface area contributed by atoms with Crippen LogP contribution in [0.3, 0.4) is 0 Å². The Hall–Kier alpha value is -0.0300. The summed E-state index contributed by atoms with van der Waals surface area (Å²) in [5, 5.41) is 13.1. The quantitative estimate of drug-likeness (QED) is 0.788. The van der Waals surface area contributed by atoms with Crippen LogP contribution in [0.4, 0.5) is 0 Å². The Kier molecular flexibility index (Phi) is 6.55. The highest BCUT2D eigenvalue weighted by atomic mass is 79.9. The van der Waals surface area contributed by atoms with Crippen molar-refractivity contribution in [3.63, 3.8) is 0 Å². The van der Waals surface area contributed by atoms with Gasteiger partial charge in [-0.3, -0.25) is 0 Å². The molecule has 0 saturated heterocycles. The first-order valence-electron chi connectivity index (χ1n) is 5.88. The molecule has 4 heteroatoms. The van der Waals surface area contributed by atoms with Gasteiger partial charge in [0.2, 0.25) is 0 Å². The van der Waals surface area contributed by atoms with Crippen LogP contribution >= 0.6 is 27.7 Å². The topological polar surface area (TPSA) is 32.3 Å². The number of nitrogens with one attached hydrogen (secondary N) is 1. The maximum atomic E-state index is 9.56. The summed E-state index contributed by atoms with van der Waals surface area (Å²) < 4.78 is 1.10. The zero-order chi connectivity index (χ0) is 12.8. The molecule has 0 aromatic heterocycles. The largest absolute Gasteiger partial charge is 0.392 e. The van der Waals surface area contributed by atoms with E-state index in [9.17, 15) is 5.11 Å². The fourth-order valence-corrected chi connectivity index (χ4v) is 2.79. The van der Waals surface area contributed by atoms with Gasteiger partial charge >= 0.3 is 0 Å². The van der Waals surface area contributed by atoms with Crippen LogP contribution in [0.5, 0.6) is 0 Å². The first kappa shape index (κ1) is 15.0. The van der Waals surface area contributed by atoms with Crippen molar-refractivity contribution in [3.8, 4) is 0 Å². The van der Waals surface area contributed by atoms with Crippen LogP contribution in [0.25, 0.3) is 0 Å². The van der Waals surface area contributed by atoms with Crippen molar-refractivity contribution in [2.24, 2.45) is 0 Å². The molecule has 1 rings (SSSR count). The van der Waals surface area contributed by atoms with Gasteiger partial charge in [0.1, 0.15) is 0 Å². The van der Waals surface area contributed by atoms with Gasteiger partial charge in [-0.25, -0.2) is 0 Å². The van der Waals surface area contributed by atoms with Gasteiger partial charge in [-0.05, 0) is 37.2 Å². The number of aliphatic hydroxyl groups is 1. The Bertz CT molecular complexity index is 357. The molecule has 2 nitrogen and oxygen atoms in total. The van der Waals surface area contributed by atoms with Crippen LogP contribution in [0.15, 0.2) is 27.6 Å². The van der Waals surface area contributed by atoms with Crippen molar-refractivity contribution >= 4 is 27.7 Å². The Morgan fingerprint density at radius 3 is 2.71 bits per heavy atom. The molecule has 2 unspecified atom stereocenters. The first-order valence-corrected chi connectivity index (χ1v) is 7.55. The van der Waals surface area contributed by atoms with Crippen molar-refractivity contribution in [3.05, 3.63) is 28.2 Å². The van der Waals surface area contributed by atoms with Crippen molar-refractivity contribution in [1.82, 2.24) is 5.32 Å². The third kappa shape index (κ3) is 5.00. The highest BCUT2D eigenvalue weighted by Crippen LogP contribution is 2.30. The molecule has 17 heavy (non-hydrogen) atoms. The molecule has 0 heterocycles. The highest BCUT2D eigenvalue weighted by molar-refractivity contribution is 9.10. The standard InChI is InChI=1S/C13H20BrNOS/c1-4-15-8-11-7-12(14)5-6-13(11)17-10(3)9(2)16/h5-7,9-10,15-16H,4,8H2,1-3H3. The lowest BCUT2D eigenvalue weighted by atomic mass is 10.2. The molecule has 1 aromatic carbocycles. The molecular weight excluding hydrogens is 298 g/mol. The Labute approximate surface area is 116 Å². The minimum atomic E-state index is -0.296. The maximum absolute atomic E-state index is 9.56. The van der Waals surface area contributed by atoms with E-state index in [2.05, 4.69) is 47.2 Å². The third-order valence-electron chi connectivity index (χ3n) is 2.58. The zero-order valence-electron chi connectivity index (χ0n) is 10.5. The van der Waals surface area contributed by atoms with E-state index in [-0.39, 0.29) is 11.4 Å². The van der Waals surface area contributed by atoms with Gasteiger partial charge in [-0.15, -0.1) is 11.8 Å². The van der Waals surface area contributed by atoms with E-state index in [1.165, 1.54) is 10.5 Å². The van der Waals surface area contributed by atoms with Crippen LogP contribution in [0.1, 0.15) is 26.3 Å². The predicted octanol–water partition coefficient (Wildman–Crippen LogP) is 3.42. The number of benzene rings is 1. The van der Waals surface area contributed by atoms with Crippen molar-refractivity contribution in [2.75, 3.05) is 6.54 Å². The van der Waals surface area contributed by atoms with Gasteiger partial charge in [-0.2, -0.15) is 0 Å². The molecule has 0 saturated carbocycles.